The van der Waals surface area contributed by atoms with E-state index in [0.29, 0.717) is 18.8 Å². The van der Waals surface area contributed by atoms with Gasteiger partial charge in [-0.3, -0.25) is 0 Å². The normalized spacial score (nSPS) is 18.8. The molecular weight excluding hydrogens is 242 g/mol. The number of nitrogens with zero attached hydrogens (tertiary/aromatic N) is 1. The minimum Gasteiger partial charge on any atom is -0.491 e. The summed E-state index contributed by atoms with van der Waals surface area (Å²) in [5.74, 6) is 0.743. The van der Waals surface area contributed by atoms with Crippen LogP contribution in [0.25, 0.3) is 0 Å². The molecule has 2 rings (SSSR count). The van der Waals surface area contributed by atoms with Crippen LogP contribution < -0.4 is 4.74 Å². The first-order valence-corrected chi connectivity index (χ1v) is 6.66. The van der Waals surface area contributed by atoms with Gasteiger partial charge in [0.2, 0.25) is 0 Å². The second kappa shape index (κ2) is 7.13. The molecule has 1 aliphatic rings. The van der Waals surface area contributed by atoms with Crippen molar-refractivity contribution in [2.24, 2.45) is 0 Å². The van der Waals surface area contributed by atoms with Crippen LogP contribution in [0, 0.1) is 18.3 Å². The van der Waals surface area contributed by atoms with Crippen molar-refractivity contribution in [3.8, 4) is 11.8 Å². The molecule has 1 atom stereocenters. The Morgan fingerprint density at radius 2 is 2.26 bits per heavy atom. The summed E-state index contributed by atoms with van der Waals surface area (Å²) in [5.41, 5.74) is 1.63. The molecule has 0 aliphatic carbocycles. The van der Waals surface area contributed by atoms with Gasteiger partial charge in [0.05, 0.1) is 18.2 Å². The van der Waals surface area contributed by atoms with E-state index in [4.69, 9.17) is 19.5 Å². The van der Waals surface area contributed by atoms with Crippen LogP contribution in [0.1, 0.15) is 30.4 Å². The summed E-state index contributed by atoms with van der Waals surface area (Å²) in [6, 6.07) is 7.54. The third kappa shape index (κ3) is 4.23. The highest BCUT2D eigenvalue weighted by Crippen LogP contribution is 2.19. The van der Waals surface area contributed by atoms with Gasteiger partial charge in [-0.15, -0.1) is 0 Å². The number of benzene rings is 1. The number of hydrogen-bond donors (Lipinski definition) is 0. The highest BCUT2D eigenvalue weighted by atomic mass is 16.7. The van der Waals surface area contributed by atoms with E-state index >= 15 is 0 Å². The maximum absolute atomic E-state index is 8.85. The standard InChI is InChI=1S/C15H19NO3/c1-12-5-6-13(11-16)10-14(12)17-8-9-19-15-4-2-3-7-18-15/h5-6,10,15H,2-4,7-9H2,1H3. The van der Waals surface area contributed by atoms with Crippen LogP contribution in [0.15, 0.2) is 18.2 Å². The average Bonchev–Trinajstić information content (AvgIpc) is 2.46. The predicted molar refractivity (Wildman–Crippen MR) is 70.9 cm³/mol. The Hall–Kier alpha value is -1.57. The van der Waals surface area contributed by atoms with Gasteiger partial charge < -0.3 is 14.2 Å². The van der Waals surface area contributed by atoms with Gasteiger partial charge in [0.15, 0.2) is 6.29 Å². The zero-order chi connectivity index (χ0) is 13.5. The van der Waals surface area contributed by atoms with Gasteiger partial charge in [0, 0.05) is 6.61 Å². The van der Waals surface area contributed by atoms with E-state index in [2.05, 4.69) is 6.07 Å². The molecule has 1 saturated heterocycles. The molecule has 19 heavy (non-hydrogen) atoms. The van der Waals surface area contributed by atoms with E-state index in [1.165, 1.54) is 0 Å². The first-order valence-electron chi connectivity index (χ1n) is 6.66. The second-order valence-electron chi connectivity index (χ2n) is 4.61. The monoisotopic (exact) mass is 261 g/mol. The van der Waals surface area contributed by atoms with Crippen LogP contribution in [0.5, 0.6) is 5.75 Å². The highest BCUT2D eigenvalue weighted by molar-refractivity contribution is 5.41. The lowest BCUT2D eigenvalue weighted by atomic mass is 10.1. The summed E-state index contributed by atoms with van der Waals surface area (Å²) < 4.78 is 16.7. The topological polar surface area (TPSA) is 51.5 Å². The van der Waals surface area contributed by atoms with E-state index in [0.717, 1.165) is 37.2 Å². The van der Waals surface area contributed by atoms with Crippen LogP contribution in [-0.4, -0.2) is 26.1 Å². The van der Waals surface area contributed by atoms with Crippen LogP contribution in [0.2, 0.25) is 0 Å². The first kappa shape index (κ1) is 13.9. The number of nitriles is 1. The molecule has 1 aromatic carbocycles. The second-order valence-corrected chi connectivity index (χ2v) is 4.61. The zero-order valence-electron chi connectivity index (χ0n) is 11.2. The Morgan fingerprint density at radius 3 is 3.00 bits per heavy atom. The zero-order valence-corrected chi connectivity index (χ0v) is 11.2. The van der Waals surface area contributed by atoms with Gasteiger partial charge >= 0.3 is 0 Å². The fraction of sp³-hybridized carbons (Fsp3) is 0.533. The van der Waals surface area contributed by atoms with Crippen LogP contribution in [0.4, 0.5) is 0 Å². The van der Waals surface area contributed by atoms with Crippen molar-refractivity contribution < 1.29 is 14.2 Å². The third-order valence-electron chi connectivity index (χ3n) is 3.10. The van der Waals surface area contributed by atoms with Crippen molar-refractivity contribution in [2.45, 2.75) is 32.5 Å². The van der Waals surface area contributed by atoms with Crippen molar-refractivity contribution in [2.75, 3.05) is 19.8 Å². The van der Waals surface area contributed by atoms with Crippen LogP contribution in [0.3, 0.4) is 0 Å². The number of hydrogen-bond acceptors (Lipinski definition) is 4. The molecule has 4 heteroatoms. The summed E-state index contributed by atoms with van der Waals surface area (Å²) in [6.45, 7) is 3.72. The summed E-state index contributed by atoms with van der Waals surface area (Å²) >= 11 is 0. The van der Waals surface area contributed by atoms with Gasteiger partial charge in [-0.1, -0.05) is 6.07 Å². The lowest BCUT2D eigenvalue weighted by Gasteiger charge is -2.22. The average molecular weight is 261 g/mol. The van der Waals surface area contributed by atoms with Crippen molar-refractivity contribution in [3.05, 3.63) is 29.3 Å². The van der Waals surface area contributed by atoms with Crippen molar-refractivity contribution in [1.29, 1.82) is 5.26 Å². The Morgan fingerprint density at radius 1 is 1.37 bits per heavy atom. The molecule has 1 aliphatic heterocycles. The number of aryl methyl sites for hydroxylation is 1. The van der Waals surface area contributed by atoms with Gasteiger partial charge in [0.1, 0.15) is 12.4 Å². The first-order chi connectivity index (χ1) is 9.29. The minimum atomic E-state index is -0.0797. The highest BCUT2D eigenvalue weighted by Gasteiger charge is 2.13. The SMILES string of the molecule is Cc1ccc(C#N)cc1OCCOC1CCCCO1. The summed E-state index contributed by atoms with van der Waals surface area (Å²) in [4.78, 5) is 0. The summed E-state index contributed by atoms with van der Waals surface area (Å²) in [7, 11) is 0. The smallest absolute Gasteiger partial charge is 0.157 e. The molecule has 0 amide bonds. The fourth-order valence-electron chi connectivity index (χ4n) is 2.00. The Balaban J connectivity index is 1.74. The molecule has 0 saturated carbocycles. The molecule has 1 aromatic rings. The van der Waals surface area contributed by atoms with Gasteiger partial charge in [-0.25, -0.2) is 0 Å². The minimum absolute atomic E-state index is 0.0797. The lowest BCUT2D eigenvalue weighted by molar-refractivity contribution is -0.165. The summed E-state index contributed by atoms with van der Waals surface area (Å²) in [6.07, 6.45) is 3.16. The molecule has 1 fully saturated rings. The predicted octanol–water partition coefficient (Wildman–Crippen LogP) is 2.79. The van der Waals surface area contributed by atoms with Crippen LogP contribution >= 0.6 is 0 Å². The summed E-state index contributed by atoms with van der Waals surface area (Å²) in [5, 5.41) is 8.85. The largest absolute Gasteiger partial charge is 0.491 e. The Kier molecular flexibility index (Phi) is 5.20. The quantitative estimate of drug-likeness (QED) is 0.765. The van der Waals surface area contributed by atoms with Gasteiger partial charge in [-0.05, 0) is 43.9 Å². The maximum atomic E-state index is 8.85. The van der Waals surface area contributed by atoms with Crippen molar-refractivity contribution in [1.82, 2.24) is 0 Å². The number of rotatable bonds is 5. The molecule has 102 valence electrons. The van der Waals surface area contributed by atoms with Crippen molar-refractivity contribution >= 4 is 0 Å². The third-order valence-corrected chi connectivity index (χ3v) is 3.10. The van der Waals surface area contributed by atoms with Crippen molar-refractivity contribution in [3.63, 3.8) is 0 Å². The van der Waals surface area contributed by atoms with E-state index in [1.54, 1.807) is 12.1 Å². The Bertz CT molecular complexity index is 447. The van der Waals surface area contributed by atoms with Gasteiger partial charge in [0.25, 0.3) is 0 Å². The van der Waals surface area contributed by atoms with Gasteiger partial charge in [-0.2, -0.15) is 5.26 Å². The lowest BCUT2D eigenvalue weighted by Crippen LogP contribution is -2.24. The van der Waals surface area contributed by atoms with E-state index < -0.39 is 0 Å². The molecule has 0 bridgehead atoms. The molecule has 0 aromatic heterocycles. The molecule has 1 heterocycles. The molecule has 0 spiro atoms. The van der Waals surface area contributed by atoms with E-state index in [9.17, 15) is 0 Å². The molecule has 0 N–H and O–H groups in total. The van der Waals surface area contributed by atoms with E-state index in [-0.39, 0.29) is 6.29 Å². The van der Waals surface area contributed by atoms with E-state index in [1.807, 2.05) is 13.0 Å². The molecule has 0 radical (unpaired) electrons. The molecule has 1 unspecified atom stereocenters. The maximum Gasteiger partial charge on any atom is 0.157 e. The molecule has 4 nitrogen and oxygen atoms in total. The molecular formula is C15H19NO3. The number of ether oxygens (including phenoxy) is 3. The fourth-order valence-corrected chi connectivity index (χ4v) is 2.00. The van der Waals surface area contributed by atoms with Crippen LogP contribution in [-0.2, 0) is 9.47 Å². The Labute approximate surface area is 113 Å².